The molecule has 28 heavy (non-hydrogen) atoms. The quantitative estimate of drug-likeness (QED) is 0.647. The lowest BCUT2D eigenvalue weighted by atomic mass is 9.81. The highest BCUT2D eigenvalue weighted by Crippen LogP contribution is 2.33. The van der Waals surface area contributed by atoms with Gasteiger partial charge in [0.25, 0.3) is 6.47 Å². The Morgan fingerprint density at radius 1 is 1.39 bits per heavy atom. The van der Waals surface area contributed by atoms with Gasteiger partial charge in [-0.05, 0) is 37.0 Å². The zero-order chi connectivity index (χ0) is 20.7. The van der Waals surface area contributed by atoms with Crippen LogP contribution in [0.1, 0.15) is 24.8 Å². The number of phenolic OH excluding ortho intramolecular Hbond substituents is 1. The molecule has 1 heterocycles. The van der Waals surface area contributed by atoms with Crippen molar-refractivity contribution in [3.8, 4) is 5.75 Å². The van der Waals surface area contributed by atoms with Gasteiger partial charge >= 0.3 is 0 Å². The summed E-state index contributed by atoms with van der Waals surface area (Å²) in [5.41, 5.74) is 0.759. The summed E-state index contributed by atoms with van der Waals surface area (Å²) in [6.45, 7) is 0.806. The van der Waals surface area contributed by atoms with Gasteiger partial charge in [0.1, 0.15) is 5.75 Å². The van der Waals surface area contributed by atoms with Crippen LogP contribution in [0.15, 0.2) is 18.2 Å². The van der Waals surface area contributed by atoms with Gasteiger partial charge in [-0.1, -0.05) is 17.7 Å². The molecule has 2 fully saturated rings. The van der Waals surface area contributed by atoms with E-state index in [9.17, 15) is 14.7 Å². The normalized spacial score (nSPS) is 23.6. The fraction of sp³-hybridized carbons (Fsp3) is 0.526. The van der Waals surface area contributed by atoms with Crippen LogP contribution >= 0.6 is 11.6 Å². The maximum absolute atomic E-state index is 12.8. The van der Waals surface area contributed by atoms with Gasteiger partial charge in [-0.15, -0.1) is 0 Å². The summed E-state index contributed by atoms with van der Waals surface area (Å²) in [5, 5.41) is 19.3. The topological polar surface area (TPSA) is 116 Å². The first-order chi connectivity index (χ1) is 13.4. The number of ether oxygens (including phenoxy) is 1. The number of hydrogen-bond acceptors (Lipinski definition) is 5. The number of nitrogens with zero attached hydrogens (tertiary/aromatic N) is 1. The van der Waals surface area contributed by atoms with E-state index in [1.807, 2.05) is 4.90 Å². The van der Waals surface area contributed by atoms with E-state index in [-0.39, 0.29) is 53.5 Å². The lowest BCUT2D eigenvalue weighted by Crippen LogP contribution is -2.57. The standard InChI is InChI=1S/C18H23ClN2O4.CH2O2/c1-20-18(24)12-3-5-16-14(10-12)21(6-7-25-16)17(23)9-11-2-4-15(22)13(19)8-11;2-1-3/h2,4,8,12,14,16,22H,3,5-7,9-10H2,1H3,(H,20,24);1H,(H,2,3)/t12-,14+,16+;/m0./s1. The molecule has 1 aromatic rings. The van der Waals surface area contributed by atoms with Gasteiger partial charge < -0.3 is 25.2 Å². The van der Waals surface area contributed by atoms with E-state index in [1.165, 1.54) is 6.07 Å². The van der Waals surface area contributed by atoms with Crippen LogP contribution < -0.4 is 5.32 Å². The van der Waals surface area contributed by atoms with E-state index in [2.05, 4.69) is 5.32 Å². The molecular formula is C19H25ClN2O6. The number of carboxylic acid groups (broad SMARTS) is 1. The molecule has 2 amide bonds. The van der Waals surface area contributed by atoms with Crippen LogP contribution in [0.2, 0.25) is 5.02 Å². The van der Waals surface area contributed by atoms with Crippen LogP contribution in [0.3, 0.4) is 0 Å². The number of carbonyl (C=O) groups excluding carboxylic acids is 2. The SMILES string of the molecule is CNC(=O)[C@H]1CC[C@H]2OCCN(C(=O)Cc3ccc(O)c(Cl)c3)[C@@H]2C1.O=CO. The second kappa shape index (κ2) is 10.3. The molecule has 0 radical (unpaired) electrons. The monoisotopic (exact) mass is 412 g/mol. The molecule has 3 rings (SSSR count). The Balaban J connectivity index is 0.000000878. The van der Waals surface area contributed by atoms with Crippen molar-refractivity contribution < 1.29 is 29.3 Å². The number of hydrogen-bond donors (Lipinski definition) is 3. The number of nitrogens with one attached hydrogen (secondary N) is 1. The van der Waals surface area contributed by atoms with Crippen LogP contribution in [-0.4, -0.2) is 65.7 Å². The molecule has 1 aliphatic carbocycles. The number of morpholine rings is 1. The summed E-state index contributed by atoms with van der Waals surface area (Å²) in [4.78, 5) is 35.0. The average Bonchev–Trinajstić information content (AvgIpc) is 2.69. The van der Waals surface area contributed by atoms with Gasteiger partial charge in [0.2, 0.25) is 11.8 Å². The summed E-state index contributed by atoms with van der Waals surface area (Å²) in [6, 6.07) is 4.74. The van der Waals surface area contributed by atoms with E-state index >= 15 is 0 Å². The Morgan fingerprint density at radius 2 is 2.11 bits per heavy atom. The molecule has 1 saturated carbocycles. The van der Waals surface area contributed by atoms with E-state index < -0.39 is 0 Å². The largest absolute Gasteiger partial charge is 0.506 e. The minimum absolute atomic E-state index is 0.00186. The second-order valence-electron chi connectivity index (χ2n) is 6.76. The molecule has 0 spiro atoms. The smallest absolute Gasteiger partial charge is 0.290 e. The first-order valence-corrected chi connectivity index (χ1v) is 9.47. The van der Waals surface area contributed by atoms with Gasteiger partial charge in [-0.3, -0.25) is 14.4 Å². The van der Waals surface area contributed by atoms with Gasteiger partial charge in [-0.2, -0.15) is 0 Å². The number of carbonyl (C=O) groups is 3. The highest BCUT2D eigenvalue weighted by molar-refractivity contribution is 6.32. The molecule has 1 aromatic carbocycles. The Morgan fingerprint density at radius 3 is 2.75 bits per heavy atom. The predicted molar refractivity (Wildman–Crippen MR) is 102 cm³/mol. The summed E-state index contributed by atoms with van der Waals surface area (Å²) < 4.78 is 5.83. The number of phenols is 1. The van der Waals surface area contributed by atoms with Crippen LogP contribution in [0.5, 0.6) is 5.75 Å². The van der Waals surface area contributed by atoms with Crippen molar-refractivity contribution in [1.82, 2.24) is 10.2 Å². The minimum Gasteiger partial charge on any atom is -0.506 e. The molecular weight excluding hydrogens is 388 g/mol. The maximum atomic E-state index is 12.8. The van der Waals surface area contributed by atoms with Crippen molar-refractivity contribution in [1.29, 1.82) is 0 Å². The third-order valence-corrected chi connectivity index (χ3v) is 5.43. The van der Waals surface area contributed by atoms with E-state index in [0.29, 0.717) is 19.6 Å². The number of halogens is 1. The molecule has 8 nitrogen and oxygen atoms in total. The molecule has 9 heteroatoms. The summed E-state index contributed by atoms with van der Waals surface area (Å²) in [5.74, 6) is -0.0456. The first kappa shape index (κ1) is 22.0. The Hall–Kier alpha value is -2.32. The fourth-order valence-electron chi connectivity index (χ4n) is 3.80. The lowest BCUT2D eigenvalue weighted by molar-refractivity contribution is -0.153. The zero-order valence-corrected chi connectivity index (χ0v) is 16.4. The average molecular weight is 413 g/mol. The second-order valence-corrected chi connectivity index (χ2v) is 7.16. The Bertz CT molecular complexity index is 714. The van der Waals surface area contributed by atoms with Crippen molar-refractivity contribution in [3.05, 3.63) is 28.8 Å². The van der Waals surface area contributed by atoms with Crippen LogP contribution in [0.25, 0.3) is 0 Å². The van der Waals surface area contributed by atoms with Gasteiger partial charge in [0.05, 0.1) is 30.2 Å². The lowest BCUT2D eigenvalue weighted by Gasteiger charge is -2.45. The maximum Gasteiger partial charge on any atom is 0.290 e. The molecule has 2 aliphatic rings. The Kier molecular flexibility index (Phi) is 8.07. The van der Waals surface area contributed by atoms with Crippen molar-refractivity contribution in [2.24, 2.45) is 5.92 Å². The van der Waals surface area contributed by atoms with Crippen molar-refractivity contribution in [3.63, 3.8) is 0 Å². The van der Waals surface area contributed by atoms with Crippen LogP contribution in [0.4, 0.5) is 0 Å². The molecule has 1 saturated heterocycles. The van der Waals surface area contributed by atoms with Crippen LogP contribution in [0, 0.1) is 5.92 Å². The number of rotatable bonds is 3. The van der Waals surface area contributed by atoms with E-state index in [1.54, 1.807) is 19.2 Å². The van der Waals surface area contributed by atoms with Crippen molar-refractivity contribution in [2.45, 2.75) is 37.8 Å². The predicted octanol–water partition coefficient (Wildman–Crippen LogP) is 1.43. The molecule has 3 N–H and O–H groups in total. The highest BCUT2D eigenvalue weighted by Gasteiger charge is 2.41. The third-order valence-electron chi connectivity index (χ3n) is 5.12. The van der Waals surface area contributed by atoms with E-state index in [4.69, 9.17) is 26.2 Å². The first-order valence-electron chi connectivity index (χ1n) is 9.09. The van der Waals surface area contributed by atoms with Gasteiger partial charge in [0.15, 0.2) is 0 Å². The number of fused-ring (bicyclic) bond motifs is 1. The molecule has 3 atom stereocenters. The number of amides is 2. The molecule has 0 aromatic heterocycles. The fourth-order valence-corrected chi connectivity index (χ4v) is 4.00. The number of aromatic hydroxyl groups is 1. The molecule has 154 valence electrons. The van der Waals surface area contributed by atoms with Gasteiger partial charge in [0, 0.05) is 19.5 Å². The van der Waals surface area contributed by atoms with Crippen molar-refractivity contribution >= 4 is 29.9 Å². The minimum atomic E-state index is -0.250. The van der Waals surface area contributed by atoms with Gasteiger partial charge in [-0.25, -0.2) is 0 Å². The highest BCUT2D eigenvalue weighted by atomic mass is 35.5. The molecule has 0 bridgehead atoms. The summed E-state index contributed by atoms with van der Waals surface area (Å²) in [7, 11) is 1.64. The summed E-state index contributed by atoms with van der Waals surface area (Å²) in [6.07, 6.45) is 2.43. The molecule has 1 aliphatic heterocycles. The van der Waals surface area contributed by atoms with Crippen molar-refractivity contribution in [2.75, 3.05) is 20.2 Å². The molecule has 0 unspecified atom stereocenters. The Labute approximate surface area is 168 Å². The third kappa shape index (κ3) is 5.36. The van der Waals surface area contributed by atoms with Crippen LogP contribution in [-0.2, 0) is 25.5 Å². The van der Waals surface area contributed by atoms with E-state index in [0.717, 1.165) is 18.4 Å². The zero-order valence-electron chi connectivity index (χ0n) is 15.6. The summed E-state index contributed by atoms with van der Waals surface area (Å²) >= 11 is 5.92. The number of benzene rings is 1.